The van der Waals surface area contributed by atoms with Crippen LogP contribution in [0.15, 0.2) is 18.2 Å². The minimum Gasteiger partial charge on any atom is -0.366 e. The van der Waals surface area contributed by atoms with Gasteiger partial charge in [-0.25, -0.2) is 4.39 Å². The fourth-order valence-corrected chi connectivity index (χ4v) is 4.07. The second-order valence-electron chi connectivity index (χ2n) is 7.00. The van der Waals surface area contributed by atoms with Crippen molar-refractivity contribution in [2.45, 2.75) is 38.3 Å². The van der Waals surface area contributed by atoms with Gasteiger partial charge in [-0.2, -0.15) is 5.26 Å². The van der Waals surface area contributed by atoms with Crippen LogP contribution >= 0.6 is 0 Å². The third kappa shape index (κ3) is 2.49. The van der Waals surface area contributed by atoms with Gasteiger partial charge in [0.05, 0.1) is 23.6 Å². The molecule has 3 atom stereocenters. The Morgan fingerprint density at radius 1 is 1.42 bits per heavy atom. The molecule has 6 nitrogen and oxygen atoms in total. The van der Waals surface area contributed by atoms with Gasteiger partial charge in [-0.15, -0.1) is 0 Å². The molecule has 7 heteroatoms. The van der Waals surface area contributed by atoms with Crippen LogP contribution < -0.4 is 5.73 Å². The van der Waals surface area contributed by atoms with Crippen molar-refractivity contribution in [2.24, 2.45) is 11.7 Å². The van der Waals surface area contributed by atoms with Crippen molar-refractivity contribution in [2.75, 3.05) is 0 Å². The minimum absolute atomic E-state index is 0.0498. The number of amides is 2. The Balaban J connectivity index is 1.76. The molecule has 2 N–H and O–H groups in total. The smallest absolute Gasteiger partial charge is 0.249 e. The number of benzene rings is 1. The van der Waals surface area contributed by atoms with Gasteiger partial charge in [-0.1, -0.05) is 0 Å². The first-order valence-corrected chi connectivity index (χ1v) is 8.50. The Morgan fingerprint density at radius 3 is 2.88 bits per heavy atom. The number of aromatic nitrogens is 1. The fraction of sp³-hybridized carbons (Fsp3) is 0.368. The fourth-order valence-electron chi connectivity index (χ4n) is 4.07. The molecule has 2 aliphatic rings. The summed E-state index contributed by atoms with van der Waals surface area (Å²) in [5.41, 5.74) is 7.00. The molecule has 132 valence electrons. The lowest BCUT2D eigenvalue weighted by molar-refractivity contribution is -0.131. The van der Waals surface area contributed by atoms with Crippen LogP contribution in [0, 0.1) is 30.0 Å². The largest absolute Gasteiger partial charge is 0.366 e. The van der Waals surface area contributed by atoms with Gasteiger partial charge in [-0.3, -0.25) is 14.6 Å². The van der Waals surface area contributed by atoms with Crippen LogP contribution in [0.5, 0.6) is 0 Å². The van der Waals surface area contributed by atoms with Crippen LogP contribution in [0.2, 0.25) is 0 Å². The van der Waals surface area contributed by atoms with Crippen molar-refractivity contribution < 1.29 is 14.0 Å². The van der Waals surface area contributed by atoms with Crippen LogP contribution in [-0.2, 0) is 11.2 Å². The number of hydrogen-bond donors (Lipinski definition) is 1. The van der Waals surface area contributed by atoms with Gasteiger partial charge in [0.15, 0.2) is 0 Å². The molecule has 0 unspecified atom stereocenters. The SMILES string of the molecule is Cc1nc2cc(F)ccc2c(C(N)=O)c1CC(=O)N1[C@H](C#N)C[C@@H]2C[C@@H]21. The molecule has 1 aromatic carbocycles. The molecule has 0 spiro atoms. The van der Waals surface area contributed by atoms with Gasteiger partial charge < -0.3 is 10.6 Å². The van der Waals surface area contributed by atoms with Crippen molar-refractivity contribution >= 4 is 22.7 Å². The molecular weight excluding hydrogens is 335 g/mol. The number of halogens is 1. The summed E-state index contributed by atoms with van der Waals surface area (Å²) in [6, 6.07) is 5.83. The highest BCUT2D eigenvalue weighted by Crippen LogP contribution is 2.47. The maximum atomic E-state index is 13.5. The number of nitrogens with two attached hydrogens (primary N) is 1. The van der Waals surface area contributed by atoms with Crippen molar-refractivity contribution in [3.05, 3.63) is 40.8 Å². The third-order valence-electron chi connectivity index (χ3n) is 5.37. The Morgan fingerprint density at radius 2 is 2.19 bits per heavy atom. The highest BCUT2D eigenvalue weighted by atomic mass is 19.1. The first-order valence-electron chi connectivity index (χ1n) is 8.50. The molecular formula is C19H17FN4O2. The summed E-state index contributed by atoms with van der Waals surface area (Å²) in [6.45, 7) is 1.67. The number of nitrogens with zero attached hydrogens (tertiary/aromatic N) is 3. The summed E-state index contributed by atoms with van der Waals surface area (Å²) >= 11 is 0. The van der Waals surface area contributed by atoms with Gasteiger partial charge in [-0.05, 0) is 43.4 Å². The summed E-state index contributed by atoms with van der Waals surface area (Å²) in [6.07, 6.45) is 1.59. The number of likely N-dealkylation sites (tertiary alicyclic amines) is 1. The minimum atomic E-state index is -0.683. The second-order valence-corrected chi connectivity index (χ2v) is 7.00. The van der Waals surface area contributed by atoms with E-state index in [4.69, 9.17) is 5.73 Å². The predicted molar refractivity (Wildman–Crippen MR) is 91.4 cm³/mol. The topological polar surface area (TPSA) is 100 Å². The van der Waals surface area contributed by atoms with E-state index in [1.54, 1.807) is 11.8 Å². The number of fused-ring (bicyclic) bond motifs is 2. The number of rotatable bonds is 3. The van der Waals surface area contributed by atoms with Crippen LogP contribution in [0.1, 0.15) is 34.5 Å². The monoisotopic (exact) mass is 352 g/mol. The number of pyridine rings is 1. The lowest BCUT2D eigenvalue weighted by Gasteiger charge is -2.23. The Hall–Kier alpha value is -3.01. The molecule has 1 aliphatic carbocycles. The zero-order valence-corrected chi connectivity index (χ0v) is 14.2. The number of carbonyl (C=O) groups is 2. The van der Waals surface area contributed by atoms with Gasteiger partial charge >= 0.3 is 0 Å². The van der Waals surface area contributed by atoms with E-state index in [2.05, 4.69) is 11.1 Å². The Labute approximate surface area is 149 Å². The van der Waals surface area contributed by atoms with Gasteiger partial charge in [0.1, 0.15) is 11.9 Å². The lowest BCUT2D eigenvalue weighted by atomic mass is 9.97. The molecule has 0 radical (unpaired) electrons. The zero-order chi connectivity index (χ0) is 18.6. The summed E-state index contributed by atoms with van der Waals surface area (Å²) in [5.74, 6) is -0.928. The van der Waals surface area contributed by atoms with E-state index < -0.39 is 17.8 Å². The number of carbonyl (C=O) groups excluding carboxylic acids is 2. The standard InChI is InChI=1S/C19H17FN4O2/c1-9-14(7-17(25)24-12(8-21)4-10-5-16(10)24)18(19(22)26)13-3-2-11(20)6-15(13)23-9/h2-3,6,10,12,16H,4-5,7H2,1H3,(H2,22,26)/t10-,12+,16+/m1/s1. The van der Waals surface area contributed by atoms with Gasteiger partial charge in [0, 0.05) is 23.2 Å². The summed E-state index contributed by atoms with van der Waals surface area (Å²) < 4.78 is 13.5. The maximum Gasteiger partial charge on any atom is 0.249 e. The average Bonchev–Trinajstić information content (AvgIpc) is 3.24. The van der Waals surface area contributed by atoms with E-state index in [1.165, 1.54) is 18.2 Å². The van der Waals surface area contributed by atoms with Crippen molar-refractivity contribution in [3.63, 3.8) is 0 Å². The Kier molecular flexibility index (Phi) is 3.65. The quantitative estimate of drug-likeness (QED) is 0.911. The van der Waals surface area contributed by atoms with Crippen molar-refractivity contribution in [3.8, 4) is 6.07 Å². The number of piperidine rings is 1. The van der Waals surface area contributed by atoms with E-state index in [-0.39, 0.29) is 23.9 Å². The summed E-state index contributed by atoms with van der Waals surface area (Å²) in [4.78, 5) is 31.0. The molecule has 2 fully saturated rings. The first-order chi connectivity index (χ1) is 12.4. The van der Waals surface area contributed by atoms with Crippen molar-refractivity contribution in [1.29, 1.82) is 5.26 Å². The van der Waals surface area contributed by atoms with Crippen LogP contribution in [0.3, 0.4) is 0 Å². The summed E-state index contributed by atoms with van der Waals surface area (Å²) in [5, 5.41) is 9.71. The molecule has 1 saturated carbocycles. The highest BCUT2D eigenvalue weighted by molar-refractivity contribution is 6.07. The molecule has 26 heavy (non-hydrogen) atoms. The zero-order valence-electron chi connectivity index (χ0n) is 14.2. The number of primary amides is 1. The number of aryl methyl sites for hydroxylation is 1. The Bertz CT molecular complexity index is 997. The average molecular weight is 352 g/mol. The predicted octanol–water partition coefficient (Wildman–Crippen LogP) is 1.84. The van der Waals surface area contributed by atoms with E-state index in [0.717, 1.165) is 6.42 Å². The normalized spacial score (nSPS) is 23.6. The van der Waals surface area contributed by atoms with E-state index in [1.807, 2.05) is 0 Å². The second kappa shape index (κ2) is 5.77. The van der Waals surface area contributed by atoms with Crippen LogP contribution in [0.4, 0.5) is 4.39 Å². The molecule has 1 aromatic heterocycles. The molecule has 2 aromatic rings. The van der Waals surface area contributed by atoms with Crippen LogP contribution in [-0.4, -0.2) is 33.8 Å². The molecule has 1 saturated heterocycles. The molecule has 0 bridgehead atoms. The lowest BCUT2D eigenvalue weighted by Crippen LogP contribution is -2.39. The summed E-state index contributed by atoms with van der Waals surface area (Å²) in [7, 11) is 0. The van der Waals surface area contributed by atoms with Crippen molar-refractivity contribution in [1.82, 2.24) is 9.88 Å². The van der Waals surface area contributed by atoms with Gasteiger partial charge in [0.25, 0.3) is 0 Å². The molecule has 2 amide bonds. The third-order valence-corrected chi connectivity index (χ3v) is 5.37. The number of hydrogen-bond acceptors (Lipinski definition) is 4. The maximum absolute atomic E-state index is 13.5. The molecule has 1 aliphatic heterocycles. The number of nitriles is 1. The van der Waals surface area contributed by atoms with E-state index in [0.29, 0.717) is 34.5 Å². The van der Waals surface area contributed by atoms with E-state index in [9.17, 15) is 19.2 Å². The highest BCUT2D eigenvalue weighted by Gasteiger charge is 2.54. The van der Waals surface area contributed by atoms with Crippen LogP contribution in [0.25, 0.3) is 10.9 Å². The first kappa shape index (κ1) is 16.5. The van der Waals surface area contributed by atoms with Gasteiger partial charge in [0.2, 0.25) is 11.8 Å². The van der Waals surface area contributed by atoms with E-state index >= 15 is 0 Å². The molecule has 2 heterocycles. The molecule has 4 rings (SSSR count).